The average molecular weight is 200 g/mol. The van der Waals surface area contributed by atoms with Gasteiger partial charge in [0.05, 0.1) is 6.10 Å². The molecule has 3 heteroatoms. The molecule has 0 amide bonds. The van der Waals surface area contributed by atoms with E-state index < -0.39 is 0 Å². The van der Waals surface area contributed by atoms with Crippen LogP contribution in [-0.4, -0.2) is 30.7 Å². The monoisotopic (exact) mass is 200 g/mol. The first-order valence-corrected chi connectivity index (χ1v) is 5.78. The van der Waals surface area contributed by atoms with Crippen LogP contribution in [0.5, 0.6) is 0 Å². The summed E-state index contributed by atoms with van der Waals surface area (Å²) in [6.45, 7) is 1.10. The van der Waals surface area contributed by atoms with Crippen LogP contribution in [0.2, 0.25) is 0 Å². The fourth-order valence-corrected chi connectivity index (χ4v) is 2.40. The largest absolute Gasteiger partial charge is 0.396 e. The molecule has 82 valence electrons. The lowest BCUT2D eigenvalue weighted by atomic mass is 10.1. The maximum absolute atomic E-state index is 9.15. The number of rotatable bonds is 3. The molecule has 1 N–H and O–H groups in total. The summed E-state index contributed by atoms with van der Waals surface area (Å²) in [5, 5.41) is 9.15. The third-order valence-electron chi connectivity index (χ3n) is 3.29. The van der Waals surface area contributed by atoms with Crippen LogP contribution < -0.4 is 0 Å². The summed E-state index contributed by atoms with van der Waals surface area (Å²) in [4.78, 5) is 0. The van der Waals surface area contributed by atoms with Crippen molar-refractivity contribution >= 4 is 0 Å². The molecule has 2 fully saturated rings. The molecule has 1 saturated heterocycles. The van der Waals surface area contributed by atoms with E-state index in [1.165, 1.54) is 12.8 Å². The van der Waals surface area contributed by atoms with Crippen LogP contribution in [0.1, 0.15) is 38.5 Å². The van der Waals surface area contributed by atoms with Crippen molar-refractivity contribution < 1.29 is 14.6 Å². The molecule has 1 aliphatic heterocycles. The Labute approximate surface area is 85.4 Å². The Morgan fingerprint density at radius 3 is 2.79 bits per heavy atom. The maximum Gasteiger partial charge on any atom is 0.157 e. The molecule has 1 heterocycles. The van der Waals surface area contributed by atoms with Crippen LogP contribution in [0.4, 0.5) is 0 Å². The molecular formula is C11H20O3. The number of hydrogen-bond acceptors (Lipinski definition) is 3. The molecule has 0 bridgehead atoms. The zero-order chi connectivity index (χ0) is 9.80. The Bertz CT molecular complexity index is 166. The van der Waals surface area contributed by atoms with Gasteiger partial charge >= 0.3 is 0 Å². The summed E-state index contributed by atoms with van der Waals surface area (Å²) >= 11 is 0. The lowest BCUT2D eigenvalue weighted by Crippen LogP contribution is -2.31. The van der Waals surface area contributed by atoms with E-state index in [2.05, 4.69) is 0 Å². The molecule has 0 aromatic heterocycles. The third-order valence-corrected chi connectivity index (χ3v) is 3.29. The van der Waals surface area contributed by atoms with Gasteiger partial charge in [0.15, 0.2) is 6.29 Å². The molecule has 0 unspecified atom stereocenters. The van der Waals surface area contributed by atoms with Gasteiger partial charge in [-0.3, -0.25) is 0 Å². The number of ether oxygens (including phenoxy) is 2. The molecule has 2 rings (SSSR count). The lowest BCUT2D eigenvalue weighted by Gasteiger charge is -2.28. The van der Waals surface area contributed by atoms with Gasteiger partial charge in [-0.15, -0.1) is 0 Å². The Hall–Kier alpha value is -0.120. The second-order valence-corrected chi connectivity index (χ2v) is 4.34. The Balaban J connectivity index is 1.77. The van der Waals surface area contributed by atoms with E-state index in [1.807, 2.05) is 0 Å². The number of aliphatic hydroxyl groups is 1. The summed E-state index contributed by atoms with van der Waals surface area (Å²) in [7, 11) is 0. The van der Waals surface area contributed by atoms with Gasteiger partial charge in [-0.1, -0.05) is 6.42 Å². The van der Waals surface area contributed by atoms with E-state index in [1.54, 1.807) is 0 Å². The minimum absolute atomic E-state index is 0.000833. The highest BCUT2D eigenvalue weighted by atomic mass is 16.7. The molecule has 3 atom stereocenters. The standard InChI is InChI=1S/C11H20O3/c12-8-9-4-3-5-10(9)14-11-6-1-2-7-13-11/h9-12H,1-8H2/t9-,10+,11-/m0/s1. The van der Waals surface area contributed by atoms with Crippen LogP contribution in [0.25, 0.3) is 0 Å². The molecule has 2 aliphatic rings. The van der Waals surface area contributed by atoms with Gasteiger partial charge in [0.25, 0.3) is 0 Å². The first-order chi connectivity index (χ1) is 6.90. The maximum atomic E-state index is 9.15. The first kappa shape index (κ1) is 10.4. The van der Waals surface area contributed by atoms with Crippen molar-refractivity contribution in [2.45, 2.75) is 50.9 Å². The van der Waals surface area contributed by atoms with Gasteiger partial charge in [0, 0.05) is 19.1 Å². The van der Waals surface area contributed by atoms with Crippen LogP contribution in [0.3, 0.4) is 0 Å². The zero-order valence-corrected chi connectivity index (χ0v) is 8.65. The molecular weight excluding hydrogens is 180 g/mol. The Morgan fingerprint density at radius 1 is 1.14 bits per heavy atom. The van der Waals surface area contributed by atoms with Crippen molar-refractivity contribution in [1.29, 1.82) is 0 Å². The highest BCUT2D eigenvalue weighted by Gasteiger charge is 2.30. The minimum Gasteiger partial charge on any atom is -0.396 e. The predicted molar refractivity (Wildman–Crippen MR) is 52.9 cm³/mol. The van der Waals surface area contributed by atoms with Crippen LogP contribution in [0.15, 0.2) is 0 Å². The van der Waals surface area contributed by atoms with E-state index in [0.717, 1.165) is 32.3 Å². The van der Waals surface area contributed by atoms with E-state index in [-0.39, 0.29) is 19.0 Å². The number of hydrogen-bond donors (Lipinski definition) is 1. The van der Waals surface area contributed by atoms with E-state index in [0.29, 0.717) is 5.92 Å². The molecule has 3 nitrogen and oxygen atoms in total. The molecule has 0 spiro atoms. The topological polar surface area (TPSA) is 38.7 Å². The van der Waals surface area contributed by atoms with Crippen molar-refractivity contribution in [1.82, 2.24) is 0 Å². The molecule has 0 aromatic carbocycles. The van der Waals surface area contributed by atoms with Crippen LogP contribution in [0, 0.1) is 5.92 Å². The van der Waals surface area contributed by atoms with E-state index >= 15 is 0 Å². The highest BCUT2D eigenvalue weighted by Crippen LogP contribution is 2.30. The first-order valence-electron chi connectivity index (χ1n) is 5.78. The van der Waals surface area contributed by atoms with Gasteiger partial charge in [-0.2, -0.15) is 0 Å². The van der Waals surface area contributed by atoms with Crippen molar-refractivity contribution in [3.8, 4) is 0 Å². The van der Waals surface area contributed by atoms with Crippen molar-refractivity contribution in [3.05, 3.63) is 0 Å². The summed E-state index contributed by atoms with van der Waals surface area (Å²) in [5.41, 5.74) is 0. The molecule has 14 heavy (non-hydrogen) atoms. The van der Waals surface area contributed by atoms with Crippen LogP contribution in [-0.2, 0) is 9.47 Å². The normalized spacial score (nSPS) is 38.8. The van der Waals surface area contributed by atoms with Gasteiger partial charge in [0.1, 0.15) is 0 Å². The average Bonchev–Trinajstić information content (AvgIpc) is 2.67. The second-order valence-electron chi connectivity index (χ2n) is 4.34. The van der Waals surface area contributed by atoms with Gasteiger partial charge in [0.2, 0.25) is 0 Å². The molecule has 1 aliphatic carbocycles. The van der Waals surface area contributed by atoms with E-state index in [4.69, 9.17) is 14.6 Å². The summed E-state index contributed by atoms with van der Waals surface area (Å²) in [6, 6.07) is 0. The quantitative estimate of drug-likeness (QED) is 0.753. The van der Waals surface area contributed by atoms with Crippen molar-refractivity contribution in [2.75, 3.05) is 13.2 Å². The van der Waals surface area contributed by atoms with Crippen molar-refractivity contribution in [3.63, 3.8) is 0 Å². The zero-order valence-electron chi connectivity index (χ0n) is 8.65. The SMILES string of the molecule is OC[C@@H]1CCC[C@H]1O[C@H]1CCCCO1. The van der Waals surface area contributed by atoms with Crippen LogP contribution >= 0.6 is 0 Å². The predicted octanol–water partition coefficient (Wildman–Crippen LogP) is 1.69. The summed E-state index contributed by atoms with van der Waals surface area (Å²) < 4.78 is 11.4. The van der Waals surface area contributed by atoms with E-state index in [9.17, 15) is 0 Å². The number of aliphatic hydroxyl groups excluding tert-OH is 1. The Morgan fingerprint density at radius 2 is 2.07 bits per heavy atom. The van der Waals surface area contributed by atoms with Gasteiger partial charge in [-0.05, 0) is 32.1 Å². The fraction of sp³-hybridized carbons (Fsp3) is 1.00. The molecule has 1 saturated carbocycles. The lowest BCUT2D eigenvalue weighted by molar-refractivity contribution is -0.196. The fourth-order valence-electron chi connectivity index (χ4n) is 2.40. The third kappa shape index (κ3) is 2.47. The smallest absolute Gasteiger partial charge is 0.157 e. The van der Waals surface area contributed by atoms with Crippen molar-refractivity contribution in [2.24, 2.45) is 5.92 Å². The minimum atomic E-state index is 0.000833. The second kappa shape index (κ2) is 5.10. The highest BCUT2D eigenvalue weighted by molar-refractivity contribution is 4.78. The van der Waals surface area contributed by atoms with Gasteiger partial charge < -0.3 is 14.6 Å². The van der Waals surface area contributed by atoms with Gasteiger partial charge in [-0.25, -0.2) is 0 Å². The molecule has 0 aromatic rings. The molecule has 0 radical (unpaired) electrons. The summed E-state index contributed by atoms with van der Waals surface area (Å²) in [6.07, 6.45) is 7.01. The summed E-state index contributed by atoms with van der Waals surface area (Å²) in [5.74, 6) is 0.348. The Kier molecular flexibility index (Phi) is 3.79.